The molecule has 0 aromatic carbocycles. The van der Waals surface area contributed by atoms with Crippen LogP contribution in [0.25, 0.3) is 0 Å². The molecule has 1 aliphatic heterocycles. The van der Waals surface area contributed by atoms with Crippen molar-refractivity contribution >= 4 is 11.6 Å². The lowest BCUT2D eigenvalue weighted by Crippen LogP contribution is -2.20. The van der Waals surface area contributed by atoms with Gasteiger partial charge in [-0.05, 0) is 39.2 Å². The van der Waals surface area contributed by atoms with E-state index in [1.54, 1.807) is 5.54 Å². The quantitative estimate of drug-likeness (QED) is 0.692. The molecule has 1 atom stereocenters. The van der Waals surface area contributed by atoms with Crippen LogP contribution in [-0.2, 0) is 0 Å². The lowest BCUT2D eigenvalue weighted by Gasteiger charge is -2.08. The maximum atomic E-state index is 5.56. The van der Waals surface area contributed by atoms with Gasteiger partial charge in [-0.25, -0.2) is 0 Å². The summed E-state index contributed by atoms with van der Waals surface area (Å²) in [4.78, 5) is 0. The van der Waals surface area contributed by atoms with Gasteiger partial charge in [-0.1, -0.05) is 17.2 Å². The van der Waals surface area contributed by atoms with Crippen LogP contribution in [0.4, 0.5) is 0 Å². The Hall–Kier alpha value is -0.0100. The number of hydrogen-bond acceptors (Lipinski definition) is 1. The molecule has 1 rings (SSSR count). The Kier molecular flexibility index (Phi) is 3.95. The summed E-state index contributed by atoms with van der Waals surface area (Å²) in [5, 5.41) is 3.47. The van der Waals surface area contributed by atoms with Crippen LogP contribution in [0.5, 0.6) is 0 Å². The van der Waals surface area contributed by atoms with Crippen LogP contribution in [0.1, 0.15) is 32.6 Å². The predicted molar refractivity (Wildman–Crippen MR) is 49.9 cm³/mol. The molecule has 0 unspecified atom stereocenters. The molecule has 0 spiro atoms. The van der Waals surface area contributed by atoms with Gasteiger partial charge in [0.05, 0.1) is 0 Å². The molecular weight excluding hydrogens is 158 g/mol. The lowest BCUT2D eigenvalue weighted by atomic mass is 10.1. The molecule has 1 fully saturated rings. The molecule has 2 heteroatoms. The average Bonchev–Trinajstić information content (AvgIpc) is 2.52. The van der Waals surface area contributed by atoms with Crippen LogP contribution in [-0.4, -0.2) is 12.6 Å². The van der Waals surface area contributed by atoms with Crippen molar-refractivity contribution in [2.24, 2.45) is 0 Å². The fraction of sp³-hybridized carbons (Fsp3) is 0.778. The molecule has 0 aromatic rings. The Balaban J connectivity index is 2.11. The van der Waals surface area contributed by atoms with Gasteiger partial charge >= 0.3 is 0 Å². The zero-order valence-corrected chi connectivity index (χ0v) is 7.82. The maximum absolute atomic E-state index is 5.56. The van der Waals surface area contributed by atoms with E-state index in [4.69, 9.17) is 11.6 Å². The fourth-order valence-electron chi connectivity index (χ4n) is 1.46. The fourth-order valence-corrected chi connectivity index (χ4v) is 1.57. The van der Waals surface area contributed by atoms with Gasteiger partial charge in [0.2, 0.25) is 0 Å². The predicted octanol–water partition coefficient (Wildman–Crippen LogP) is 2.66. The molecule has 0 aromatic heterocycles. The van der Waals surface area contributed by atoms with Crippen molar-refractivity contribution in [2.45, 2.75) is 38.6 Å². The van der Waals surface area contributed by atoms with E-state index < -0.39 is 0 Å². The highest BCUT2D eigenvalue weighted by Gasteiger charge is 2.12. The first kappa shape index (κ1) is 9.08. The van der Waals surface area contributed by atoms with E-state index in [-0.39, 0.29) is 0 Å². The molecule has 11 heavy (non-hydrogen) atoms. The first-order chi connectivity index (χ1) is 5.33. The first-order valence-electron chi connectivity index (χ1n) is 4.32. The van der Waals surface area contributed by atoms with E-state index in [1.807, 2.05) is 0 Å². The van der Waals surface area contributed by atoms with E-state index >= 15 is 0 Å². The molecule has 0 radical (unpaired) electrons. The Bertz CT molecular complexity index is 136. The standard InChI is InChI=1S/C9H16ClN/c1-8(7-10)4-5-9-3-2-6-11-9/h7,9,11H,2-6H2,1H3/b8-7+/t9-/m0/s1. The zero-order valence-electron chi connectivity index (χ0n) is 7.07. The Morgan fingerprint density at radius 2 is 2.55 bits per heavy atom. The average molecular weight is 174 g/mol. The second-order valence-corrected chi connectivity index (χ2v) is 3.51. The summed E-state index contributed by atoms with van der Waals surface area (Å²) < 4.78 is 0. The molecule has 64 valence electrons. The van der Waals surface area contributed by atoms with Crippen LogP contribution >= 0.6 is 11.6 Å². The molecule has 0 aliphatic carbocycles. The van der Waals surface area contributed by atoms with Crippen molar-refractivity contribution in [1.82, 2.24) is 5.32 Å². The van der Waals surface area contributed by atoms with Crippen LogP contribution < -0.4 is 5.32 Å². The summed E-state index contributed by atoms with van der Waals surface area (Å²) >= 11 is 5.56. The minimum absolute atomic E-state index is 0.751. The van der Waals surface area contributed by atoms with Gasteiger partial charge in [-0.3, -0.25) is 0 Å². The number of halogens is 1. The van der Waals surface area contributed by atoms with Crippen LogP contribution in [0.15, 0.2) is 11.1 Å². The van der Waals surface area contributed by atoms with Gasteiger partial charge < -0.3 is 5.32 Å². The molecular formula is C9H16ClN. The van der Waals surface area contributed by atoms with Crippen LogP contribution in [0.3, 0.4) is 0 Å². The van der Waals surface area contributed by atoms with Gasteiger partial charge in [-0.2, -0.15) is 0 Å². The molecule has 0 bridgehead atoms. The highest BCUT2D eigenvalue weighted by molar-refractivity contribution is 6.25. The number of hydrogen-bond donors (Lipinski definition) is 1. The third kappa shape index (κ3) is 3.26. The van der Waals surface area contributed by atoms with E-state index in [0.29, 0.717) is 0 Å². The minimum Gasteiger partial charge on any atom is -0.314 e. The third-order valence-corrected chi connectivity index (χ3v) is 2.61. The topological polar surface area (TPSA) is 12.0 Å². The van der Waals surface area contributed by atoms with Gasteiger partial charge in [0.25, 0.3) is 0 Å². The molecule has 0 amide bonds. The Morgan fingerprint density at radius 3 is 3.09 bits per heavy atom. The van der Waals surface area contributed by atoms with Gasteiger partial charge in [0, 0.05) is 11.6 Å². The van der Waals surface area contributed by atoms with E-state index in [9.17, 15) is 0 Å². The smallest absolute Gasteiger partial charge is 0.00705 e. The van der Waals surface area contributed by atoms with Crippen molar-refractivity contribution in [3.63, 3.8) is 0 Å². The van der Waals surface area contributed by atoms with Crippen molar-refractivity contribution < 1.29 is 0 Å². The minimum atomic E-state index is 0.751. The highest BCUT2D eigenvalue weighted by atomic mass is 35.5. The van der Waals surface area contributed by atoms with E-state index in [1.165, 1.54) is 31.4 Å². The van der Waals surface area contributed by atoms with Gasteiger partial charge in [0.1, 0.15) is 0 Å². The van der Waals surface area contributed by atoms with Crippen molar-refractivity contribution in [3.05, 3.63) is 11.1 Å². The molecule has 1 heterocycles. The van der Waals surface area contributed by atoms with Gasteiger partial charge in [0.15, 0.2) is 0 Å². The van der Waals surface area contributed by atoms with Crippen molar-refractivity contribution in [1.29, 1.82) is 0 Å². The summed E-state index contributed by atoms with van der Waals surface area (Å²) in [5.41, 5.74) is 2.98. The maximum Gasteiger partial charge on any atom is 0.00705 e. The van der Waals surface area contributed by atoms with Crippen molar-refractivity contribution in [2.75, 3.05) is 6.54 Å². The monoisotopic (exact) mass is 173 g/mol. The highest BCUT2D eigenvalue weighted by Crippen LogP contribution is 2.14. The number of nitrogens with one attached hydrogen (secondary N) is 1. The largest absolute Gasteiger partial charge is 0.314 e. The third-order valence-electron chi connectivity index (χ3n) is 2.24. The summed E-state index contributed by atoms with van der Waals surface area (Å²) in [6, 6.07) is 0.751. The number of rotatable bonds is 3. The first-order valence-corrected chi connectivity index (χ1v) is 4.76. The molecule has 1 saturated heterocycles. The Morgan fingerprint density at radius 1 is 1.73 bits per heavy atom. The second kappa shape index (κ2) is 4.78. The summed E-state index contributed by atoms with van der Waals surface area (Å²) in [7, 11) is 0. The summed E-state index contributed by atoms with van der Waals surface area (Å²) in [6.45, 7) is 3.29. The number of allylic oxidation sites excluding steroid dienone is 1. The molecule has 1 nitrogen and oxygen atoms in total. The zero-order chi connectivity index (χ0) is 8.10. The van der Waals surface area contributed by atoms with Gasteiger partial charge in [-0.15, -0.1) is 0 Å². The van der Waals surface area contributed by atoms with Crippen LogP contribution in [0, 0.1) is 0 Å². The molecule has 0 saturated carbocycles. The van der Waals surface area contributed by atoms with Crippen molar-refractivity contribution in [3.8, 4) is 0 Å². The Labute approximate surface area is 73.8 Å². The van der Waals surface area contributed by atoms with E-state index in [2.05, 4.69) is 12.2 Å². The van der Waals surface area contributed by atoms with E-state index in [0.717, 1.165) is 12.5 Å². The normalized spacial score (nSPS) is 26.0. The molecule has 1 aliphatic rings. The second-order valence-electron chi connectivity index (χ2n) is 3.29. The SMILES string of the molecule is C/C(=C\Cl)CC[C@@H]1CCCN1. The summed E-state index contributed by atoms with van der Waals surface area (Å²) in [5.74, 6) is 0. The van der Waals surface area contributed by atoms with Crippen LogP contribution in [0.2, 0.25) is 0 Å². The lowest BCUT2D eigenvalue weighted by molar-refractivity contribution is 0.558. The summed E-state index contributed by atoms with van der Waals surface area (Å²) in [6.07, 6.45) is 5.07. The molecule has 1 N–H and O–H groups in total.